The minimum atomic E-state index is -2.89. The van der Waals surface area contributed by atoms with Crippen molar-refractivity contribution in [3.05, 3.63) is 290 Å². The Hall–Kier alpha value is -9.55. The highest BCUT2D eigenvalue weighted by Crippen LogP contribution is 2.41. The van der Waals surface area contributed by atoms with Crippen molar-refractivity contribution in [3.63, 3.8) is 0 Å². The van der Waals surface area contributed by atoms with E-state index in [4.69, 9.17) is 15.0 Å². The van der Waals surface area contributed by atoms with Gasteiger partial charge in [-0.1, -0.05) is 243 Å². The molecule has 0 fully saturated rings. The summed E-state index contributed by atoms with van der Waals surface area (Å²) in [6, 6.07) is 101. The maximum atomic E-state index is 5.43. The Morgan fingerprint density at radius 3 is 1.14 bits per heavy atom. The highest BCUT2D eigenvalue weighted by Gasteiger charge is 2.41. The molecule has 0 atom stereocenters. The van der Waals surface area contributed by atoms with Crippen molar-refractivity contribution in [1.29, 1.82) is 0 Å². The monoisotopic (exact) mass is 988 g/mol. The molecular weight excluding hydrogens is 937 g/mol. The lowest BCUT2D eigenvalue weighted by molar-refractivity contribution is 1.07. The predicted molar refractivity (Wildman–Crippen MR) is 320 cm³/mol. The van der Waals surface area contributed by atoms with E-state index in [2.05, 4.69) is 261 Å². The summed E-state index contributed by atoms with van der Waals surface area (Å²) in [7, 11) is -2.89. The Bertz CT molecular complexity index is 3970. The second-order valence-electron chi connectivity index (χ2n) is 19.6. The molecule has 76 heavy (non-hydrogen) atoms. The molecule has 0 spiro atoms. The van der Waals surface area contributed by atoms with Gasteiger partial charge in [0.25, 0.3) is 0 Å². The summed E-state index contributed by atoms with van der Waals surface area (Å²) in [5.41, 5.74) is 15.4. The summed E-state index contributed by atoms with van der Waals surface area (Å²) in [5.74, 6) is 1.82. The number of aryl methyl sites for hydroxylation is 2. The number of hydrogen-bond donors (Lipinski definition) is 0. The summed E-state index contributed by atoms with van der Waals surface area (Å²) in [6.45, 7) is 4.39. The van der Waals surface area contributed by atoms with Crippen LogP contribution in [0, 0.1) is 13.8 Å². The maximum Gasteiger partial charge on any atom is 0.179 e. The van der Waals surface area contributed by atoms with Gasteiger partial charge in [0.15, 0.2) is 25.5 Å². The first kappa shape index (κ1) is 46.2. The van der Waals surface area contributed by atoms with Crippen molar-refractivity contribution < 1.29 is 0 Å². The summed E-state index contributed by atoms with van der Waals surface area (Å²) in [4.78, 5) is 16.0. The Morgan fingerprint density at radius 1 is 0.276 bits per heavy atom. The Kier molecular flexibility index (Phi) is 12.0. The van der Waals surface area contributed by atoms with Crippen LogP contribution in [0.5, 0.6) is 0 Å². The predicted octanol–water partition coefficient (Wildman–Crippen LogP) is 15.0. The topological polar surface area (TPSA) is 43.6 Å². The van der Waals surface area contributed by atoms with E-state index < -0.39 is 8.07 Å². The van der Waals surface area contributed by atoms with Crippen LogP contribution in [0.4, 0.5) is 0 Å². The normalized spacial score (nSPS) is 11.6. The van der Waals surface area contributed by atoms with Crippen molar-refractivity contribution in [2.24, 2.45) is 0 Å². The molecule has 360 valence electrons. The molecule has 0 saturated carbocycles. The van der Waals surface area contributed by atoms with Crippen molar-refractivity contribution >= 4 is 50.6 Å². The van der Waals surface area contributed by atoms with E-state index >= 15 is 0 Å². The first-order valence-corrected chi connectivity index (χ1v) is 28.0. The van der Waals surface area contributed by atoms with Crippen LogP contribution in [-0.2, 0) is 0 Å². The highest BCUT2D eigenvalue weighted by molar-refractivity contribution is 7.19. The summed E-state index contributed by atoms with van der Waals surface area (Å²) in [5, 5.41) is 7.61. The van der Waals surface area contributed by atoms with Gasteiger partial charge in [-0.3, -0.25) is 0 Å². The maximum absolute atomic E-state index is 5.43. The third kappa shape index (κ3) is 8.24. The molecule has 0 aliphatic carbocycles. The smallest absolute Gasteiger partial charge is 0.179 e. The molecule has 0 aliphatic heterocycles. The van der Waals surface area contributed by atoms with Gasteiger partial charge in [-0.25, -0.2) is 15.0 Å². The lowest BCUT2D eigenvalue weighted by Gasteiger charge is -2.34. The zero-order chi connectivity index (χ0) is 51.0. The number of nitrogens with zero attached hydrogens (tertiary/aromatic N) is 4. The fraction of sp³-hybridized carbons (Fsp3) is 0.0282. The Labute approximate surface area is 445 Å². The van der Waals surface area contributed by atoms with Crippen molar-refractivity contribution in [3.8, 4) is 73.2 Å². The fourth-order valence-electron chi connectivity index (χ4n) is 11.5. The average molecular weight is 989 g/mol. The van der Waals surface area contributed by atoms with Gasteiger partial charge in [0.1, 0.15) is 0 Å². The molecule has 0 bridgehead atoms. The number of fused-ring (bicyclic) bond motifs is 3. The molecule has 13 rings (SSSR count). The van der Waals surface area contributed by atoms with Gasteiger partial charge in [-0.05, 0) is 116 Å². The molecule has 13 aromatic rings. The highest BCUT2D eigenvalue weighted by atomic mass is 28.3. The van der Waals surface area contributed by atoms with Gasteiger partial charge in [0.2, 0.25) is 0 Å². The first-order valence-electron chi connectivity index (χ1n) is 26.0. The number of aromatic nitrogens is 4. The van der Waals surface area contributed by atoms with Crippen LogP contribution in [0.3, 0.4) is 0 Å². The van der Waals surface area contributed by atoms with Gasteiger partial charge in [-0.15, -0.1) is 0 Å². The molecule has 2 heterocycles. The standard InChI is InChI=1S/C71H52N4Si/c1-49-23-18-20-37-61(49)54-39-43-67-64(46-54)65-47-55(62-38-21-19-24-50(62)2)40-44-68(65)75(67)56-41-42-63(66(48-56)71-73-69(51-25-8-3-9-26-51)72-70(74-71)52-27-10-4-11-28-52)53-29-22-36-60(45-53)76(57-30-12-5-13-31-57,58-32-14-6-15-33-58)59-34-16-7-17-35-59/h3-48H,1-2H3. The van der Waals surface area contributed by atoms with E-state index in [1.807, 2.05) is 36.4 Å². The second kappa shape index (κ2) is 19.7. The third-order valence-electron chi connectivity index (χ3n) is 15.1. The molecule has 0 radical (unpaired) electrons. The summed E-state index contributed by atoms with van der Waals surface area (Å²) >= 11 is 0. The average Bonchev–Trinajstić information content (AvgIpc) is 3.84. The Morgan fingerprint density at radius 2 is 0.671 bits per heavy atom. The zero-order valence-electron chi connectivity index (χ0n) is 42.3. The Balaban J connectivity index is 1.09. The summed E-state index contributed by atoms with van der Waals surface area (Å²) < 4.78 is 2.42. The lowest BCUT2D eigenvalue weighted by atomic mass is 9.97. The molecule has 0 saturated heterocycles. The lowest BCUT2D eigenvalue weighted by Crippen LogP contribution is -2.74. The van der Waals surface area contributed by atoms with Crippen LogP contribution in [-0.4, -0.2) is 27.6 Å². The van der Waals surface area contributed by atoms with Gasteiger partial charge in [0.05, 0.1) is 11.0 Å². The van der Waals surface area contributed by atoms with E-state index in [1.165, 1.54) is 64.9 Å². The van der Waals surface area contributed by atoms with Gasteiger partial charge >= 0.3 is 0 Å². The van der Waals surface area contributed by atoms with Crippen LogP contribution in [0.15, 0.2) is 279 Å². The largest absolute Gasteiger partial charge is 0.309 e. The quantitative estimate of drug-likeness (QED) is 0.0958. The molecular formula is C71H52N4Si. The minimum absolute atomic E-state index is 0.595. The van der Waals surface area contributed by atoms with Gasteiger partial charge in [-0.2, -0.15) is 0 Å². The number of benzene rings is 11. The van der Waals surface area contributed by atoms with Crippen LogP contribution < -0.4 is 20.7 Å². The molecule has 5 heteroatoms. The van der Waals surface area contributed by atoms with E-state index in [9.17, 15) is 0 Å². The molecule has 11 aromatic carbocycles. The third-order valence-corrected chi connectivity index (χ3v) is 19.9. The fourth-order valence-corrected chi connectivity index (χ4v) is 16.2. The second-order valence-corrected chi connectivity index (χ2v) is 23.4. The van der Waals surface area contributed by atoms with Crippen molar-refractivity contribution in [2.45, 2.75) is 13.8 Å². The van der Waals surface area contributed by atoms with E-state index in [0.717, 1.165) is 44.5 Å². The van der Waals surface area contributed by atoms with Crippen LogP contribution in [0.1, 0.15) is 11.1 Å². The number of hydrogen-bond acceptors (Lipinski definition) is 3. The van der Waals surface area contributed by atoms with Crippen molar-refractivity contribution in [2.75, 3.05) is 0 Å². The molecule has 0 aliphatic rings. The molecule has 4 nitrogen and oxygen atoms in total. The SMILES string of the molecule is Cc1ccccc1-c1ccc2c(c1)c1cc(-c3ccccc3C)ccc1n2-c1ccc(-c2cccc([Si](c3ccccc3)(c3ccccc3)c3ccccc3)c2)c(-c2nc(-c3ccccc3)nc(-c3ccccc3)n2)c1. The van der Waals surface area contributed by atoms with Gasteiger partial charge in [0, 0.05) is 33.2 Å². The van der Waals surface area contributed by atoms with Crippen molar-refractivity contribution in [1.82, 2.24) is 19.5 Å². The van der Waals surface area contributed by atoms with Gasteiger partial charge < -0.3 is 4.57 Å². The minimum Gasteiger partial charge on any atom is -0.309 e. The molecule has 0 unspecified atom stereocenters. The molecule has 2 aromatic heterocycles. The zero-order valence-corrected chi connectivity index (χ0v) is 43.3. The number of rotatable bonds is 11. The van der Waals surface area contributed by atoms with Crippen LogP contribution in [0.25, 0.3) is 95.0 Å². The molecule has 0 amide bonds. The van der Waals surface area contributed by atoms with E-state index in [1.54, 1.807) is 0 Å². The summed E-state index contributed by atoms with van der Waals surface area (Å²) in [6.07, 6.45) is 0. The first-order chi connectivity index (χ1) is 37.5. The van der Waals surface area contributed by atoms with Crippen LogP contribution in [0.2, 0.25) is 0 Å². The van der Waals surface area contributed by atoms with Crippen LogP contribution >= 0.6 is 0 Å². The van der Waals surface area contributed by atoms with E-state index in [-0.39, 0.29) is 0 Å². The molecule has 0 N–H and O–H groups in total. The van der Waals surface area contributed by atoms with E-state index in [0.29, 0.717) is 17.5 Å².